The Balaban J connectivity index is 1.97. The van der Waals surface area contributed by atoms with Crippen LogP contribution in [-0.4, -0.2) is 51.9 Å². The van der Waals surface area contributed by atoms with Gasteiger partial charge in [-0.25, -0.2) is 10.6 Å². The highest BCUT2D eigenvalue weighted by Gasteiger charge is 2.27. The molecule has 0 aliphatic carbocycles. The fraction of sp³-hybridized carbons (Fsp3) is 0.176. The maximum absolute atomic E-state index is 12.3. The molecule has 0 saturated heterocycles. The Morgan fingerprint density at radius 3 is 2.44 bits per heavy atom. The number of carbonyl (C=O) groups is 4. The first-order valence-electron chi connectivity index (χ1n) is 7.81. The number of nitrogens with one attached hydrogen (secondary N) is 2. The number of hydrazine groups is 1. The van der Waals surface area contributed by atoms with Gasteiger partial charge in [0.25, 0.3) is 0 Å². The van der Waals surface area contributed by atoms with Crippen molar-refractivity contribution >= 4 is 36.2 Å². The quantitative estimate of drug-likeness (QED) is 0.138. The zero-order valence-corrected chi connectivity index (χ0v) is 15.0. The predicted molar refractivity (Wildman–Crippen MR) is 99.4 cm³/mol. The van der Waals surface area contributed by atoms with E-state index in [0.29, 0.717) is 5.56 Å². The van der Waals surface area contributed by atoms with E-state index < -0.39 is 35.4 Å². The Morgan fingerprint density at radius 2 is 1.85 bits per heavy atom. The number of rotatable bonds is 7. The maximum atomic E-state index is 12.3. The second-order valence-electron chi connectivity index (χ2n) is 5.52. The molecule has 0 bridgehead atoms. The number of carbonyl (C=O) groups excluding carboxylic acids is 3. The lowest BCUT2D eigenvalue weighted by molar-refractivity contribution is -0.134. The first kappa shape index (κ1) is 20.2. The molecule has 5 N–H and O–H groups in total. The van der Waals surface area contributed by atoms with E-state index in [-0.39, 0.29) is 17.9 Å². The van der Waals surface area contributed by atoms with E-state index in [1.807, 2.05) is 0 Å². The highest BCUT2D eigenvalue weighted by atomic mass is 32.1. The molecule has 1 aromatic carbocycles. The van der Waals surface area contributed by atoms with E-state index in [9.17, 15) is 19.2 Å². The Morgan fingerprint density at radius 1 is 1.19 bits per heavy atom. The van der Waals surface area contributed by atoms with E-state index >= 15 is 0 Å². The van der Waals surface area contributed by atoms with Crippen molar-refractivity contribution in [3.8, 4) is 0 Å². The van der Waals surface area contributed by atoms with Gasteiger partial charge in [-0.2, -0.15) is 12.6 Å². The summed E-state index contributed by atoms with van der Waals surface area (Å²) in [6, 6.07) is 8.17. The molecule has 0 fully saturated rings. The average Bonchev–Trinajstić information content (AvgIpc) is 2.70. The molecule has 2 amide bonds. The second kappa shape index (κ2) is 9.01. The van der Waals surface area contributed by atoms with Crippen LogP contribution in [0.4, 0.5) is 0 Å². The largest absolute Gasteiger partial charge is 0.478 e. The second-order valence-corrected chi connectivity index (χ2v) is 6.04. The summed E-state index contributed by atoms with van der Waals surface area (Å²) in [5.41, 5.74) is 2.60. The van der Waals surface area contributed by atoms with Crippen LogP contribution in [0.1, 0.15) is 10.4 Å². The third-order valence-electron chi connectivity index (χ3n) is 3.75. The molecule has 27 heavy (non-hydrogen) atoms. The molecular weight excluding hydrogens is 372 g/mol. The minimum atomic E-state index is -1.28. The van der Waals surface area contributed by atoms with E-state index in [1.165, 1.54) is 12.2 Å². The van der Waals surface area contributed by atoms with Gasteiger partial charge in [0.15, 0.2) is 5.78 Å². The van der Waals surface area contributed by atoms with Gasteiger partial charge in [-0.1, -0.05) is 30.3 Å². The third kappa shape index (κ3) is 4.96. The highest BCUT2D eigenvalue weighted by Crippen LogP contribution is 2.13. The van der Waals surface area contributed by atoms with E-state index in [2.05, 4.69) is 23.4 Å². The van der Waals surface area contributed by atoms with Gasteiger partial charge in [0.2, 0.25) is 11.8 Å². The number of ketones is 1. The smallest absolute Gasteiger partial charge is 0.333 e. The lowest BCUT2D eigenvalue weighted by Crippen LogP contribution is -2.48. The molecule has 10 heteroatoms. The first-order valence-corrected chi connectivity index (χ1v) is 8.33. The molecule has 9 nitrogen and oxygen atoms in total. The number of carboxylic acids is 1. The van der Waals surface area contributed by atoms with Gasteiger partial charge in [0.1, 0.15) is 11.1 Å². The van der Waals surface area contributed by atoms with E-state index in [4.69, 9.17) is 10.9 Å². The standard InChI is InChI=1S/C17H18N4O5S/c18-20-12-7-6-11(17(25)26)9-21(12)13(22)8-19-16(24)15(27)14(23)10-4-2-1-3-5-10/h1-7,15,20,27H,8-9,18H2,(H,19,24)(H,25,26)/t15-/m0/s1. The number of amides is 2. The minimum absolute atomic E-state index is 0.0139. The monoisotopic (exact) mass is 390 g/mol. The van der Waals surface area contributed by atoms with Crippen LogP contribution in [0.3, 0.4) is 0 Å². The molecular formula is C17H18N4O5S. The molecule has 1 aromatic rings. The molecule has 0 spiro atoms. The number of Topliss-reactive ketones (excluding diaryl/α,β-unsaturated/α-hetero) is 1. The van der Waals surface area contributed by atoms with Crippen LogP contribution in [0.5, 0.6) is 0 Å². The van der Waals surface area contributed by atoms with Gasteiger partial charge in [-0.3, -0.25) is 19.3 Å². The number of carboxylic acid groups (broad SMARTS) is 1. The normalized spacial score (nSPS) is 14.5. The number of nitrogens with zero attached hydrogens (tertiary/aromatic N) is 1. The first-order chi connectivity index (χ1) is 12.8. The molecule has 0 radical (unpaired) electrons. The van der Waals surface area contributed by atoms with Crippen LogP contribution in [-0.2, 0) is 14.4 Å². The van der Waals surface area contributed by atoms with Gasteiger partial charge in [0, 0.05) is 5.56 Å². The zero-order chi connectivity index (χ0) is 20.0. The molecule has 1 heterocycles. The zero-order valence-electron chi connectivity index (χ0n) is 14.1. The lowest BCUT2D eigenvalue weighted by atomic mass is 10.1. The Kier molecular flexibility index (Phi) is 6.74. The summed E-state index contributed by atoms with van der Waals surface area (Å²) in [7, 11) is 0. The number of thiol groups is 1. The van der Waals surface area contributed by atoms with Crippen molar-refractivity contribution in [3.05, 3.63) is 59.4 Å². The maximum Gasteiger partial charge on any atom is 0.333 e. The molecule has 0 aromatic heterocycles. The summed E-state index contributed by atoms with van der Waals surface area (Å²) in [5.74, 6) is 2.50. The Bertz CT molecular complexity index is 822. The van der Waals surface area contributed by atoms with Crippen LogP contribution in [0, 0.1) is 0 Å². The van der Waals surface area contributed by atoms with Crippen LogP contribution in [0.25, 0.3) is 0 Å². The minimum Gasteiger partial charge on any atom is -0.478 e. The van der Waals surface area contributed by atoms with Crippen LogP contribution in [0.2, 0.25) is 0 Å². The number of aliphatic carboxylic acids is 1. The molecule has 0 saturated carbocycles. The summed E-state index contributed by atoms with van der Waals surface area (Å²) in [6.07, 6.45) is 2.66. The van der Waals surface area contributed by atoms with Gasteiger partial charge < -0.3 is 15.8 Å². The van der Waals surface area contributed by atoms with Gasteiger partial charge in [-0.15, -0.1) is 0 Å². The average molecular weight is 390 g/mol. The number of benzene rings is 1. The highest BCUT2D eigenvalue weighted by molar-refractivity contribution is 7.82. The van der Waals surface area contributed by atoms with Crippen LogP contribution in [0.15, 0.2) is 53.9 Å². The molecule has 1 aliphatic rings. The number of allylic oxidation sites excluding steroid dienone is 2. The molecule has 2 rings (SSSR count). The third-order valence-corrected chi connectivity index (χ3v) is 4.22. The summed E-state index contributed by atoms with van der Waals surface area (Å²) >= 11 is 4.02. The van der Waals surface area contributed by atoms with Crippen molar-refractivity contribution < 1.29 is 24.3 Å². The number of hydrogen-bond donors (Lipinski definition) is 5. The topological polar surface area (TPSA) is 142 Å². The van der Waals surface area contributed by atoms with Crippen molar-refractivity contribution in [1.82, 2.24) is 15.6 Å². The SMILES string of the molecule is NNC1=CC=C(C(=O)O)CN1C(=O)CNC(=O)[C@@H](S)C(=O)c1ccccc1. The van der Waals surface area contributed by atoms with Crippen LogP contribution >= 0.6 is 12.6 Å². The summed E-state index contributed by atoms with van der Waals surface area (Å²) in [5, 5.41) is 10.1. The van der Waals surface area contributed by atoms with Crippen molar-refractivity contribution in [3.63, 3.8) is 0 Å². The number of hydrogen-bond acceptors (Lipinski definition) is 7. The summed E-state index contributed by atoms with van der Waals surface area (Å²) < 4.78 is 0. The van der Waals surface area contributed by atoms with Gasteiger partial charge >= 0.3 is 5.97 Å². The van der Waals surface area contributed by atoms with E-state index in [0.717, 1.165) is 4.90 Å². The van der Waals surface area contributed by atoms with E-state index in [1.54, 1.807) is 30.3 Å². The number of nitrogens with two attached hydrogens (primary N) is 1. The lowest BCUT2D eigenvalue weighted by Gasteiger charge is -2.27. The summed E-state index contributed by atoms with van der Waals surface area (Å²) in [4.78, 5) is 48.8. The molecule has 1 atom stereocenters. The fourth-order valence-electron chi connectivity index (χ4n) is 2.30. The van der Waals surface area contributed by atoms with Crippen molar-refractivity contribution in [2.24, 2.45) is 5.84 Å². The van der Waals surface area contributed by atoms with Crippen LogP contribution < -0.4 is 16.6 Å². The Hall–Kier alpha value is -3.11. The van der Waals surface area contributed by atoms with Gasteiger partial charge in [-0.05, 0) is 12.2 Å². The molecule has 142 valence electrons. The van der Waals surface area contributed by atoms with Crippen molar-refractivity contribution in [2.75, 3.05) is 13.1 Å². The van der Waals surface area contributed by atoms with Crippen molar-refractivity contribution in [2.45, 2.75) is 5.25 Å². The predicted octanol–water partition coefficient (Wildman–Crippen LogP) is -0.558. The fourth-order valence-corrected chi connectivity index (χ4v) is 2.54. The molecule has 1 aliphatic heterocycles. The molecule has 0 unspecified atom stereocenters. The Labute approximate surface area is 160 Å². The summed E-state index contributed by atoms with van der Waals surface area (Å²) in [6.45, 7) is -0.669. The van der Waals surface area contributed by atoms with Crippen molar-refractivity contribution in [1.29, 1.82) is 0 Å². The van der Waals surface area contributed by atoms with Gasteiger partial charge in [0.05, 0.1) is 18.7 Å².